The second-order valence-corrected chi connectivity index (χ2v) is 6.78. The maximum Gasteiger partial charge on any atom is 0.0942 e. The molecule has 2 aromatic carbocycles. The highest BCUT2D eigenvalue weighted by Gasteiger charge is 2.20. The van der Waals surface area contributed by atoms with Crippen molar-refractivity contribution in [2.75, 3.05) is 14.1 Å². The monoisotopic (exact) mass is 342 g/mol. The number of benzene rings is 2. The molecule has 0 aliphatic carbocycles. The smallest absolute Gasteiger partial charge is 0.0942 e. The van der Waals surface area contributed by atoms with Gasteiger partial charge in [0.05, 0.1) is 12.2 Å². The van der Waals surface area contributed by atoms with Gasteiger partial charge in [-0.2, -0.15) is 0 Å². The van der Waals surface area contributed by atoms with E-state index in [-0.39, 0.29) is 12.1 Å². The van der Waals surface area contributed by atoms with Crippen molar-refractivity contribution >= 4 is 0 Å². The Morgan fingerprint density at radius 3 is 2.00 bits per heavy atom. The first-order valence-electron chi connectivity index (χ1n) is 8.81. The number of nitrogens with one attached hydrogen (secondary N) is 1. The normalized spacial score (nSPS) is 16.4. The van der Waals surface area contributed by atoms with Crippen molar-refractivity contribution in [3.8, 4) is 0 Å². The minimum Gasteiger partial charge on any atom is -0.387 e. The lowest BCUT2D eigenvalue weighted by Gasteiger charge is -2.29. The molecule has 0 aromatic heterocycles. The highest BCUT2D eigenvalue weighted by atomic mass is 16.3. The Balaban J connectivity index is 1.99. The van der Waals surface area contributed by atoms with Gasteiger partial charge in [-0.05, 0) is 44.6 Å². The van der Waals surface area contributed by atoms with Crippen LogP contribution in [-0.4, -0.2) is 41.3 Å². The van der Waals surface area contributed by atoms with Gasteiger partial charge in [0.2, 0.25) is 0 Å². The summed E-state index contributed by atoms with van der Waals surface area (Å²) in [6.07, 6.45) is -1.04. The third-order valence-electron chi connectivity index (χ3n) is 4.98. The molecule has 0 bridgehead atoms. The van der Waals surface area contributed by atoms with Crippen LogP contribution in [0.15, 0.2) is 54.6 Å². The Kier molecular flexibility index (Phi) is 7.14. The van der Waals surface area contributed by atoms with E-state index in [9.17, 15) is 10.2 Å². The van der Waals surface area contributed by atoms with E-state index in [1.807, 2.05) is 82.5 Å². The van der Waals surface area contributed by atoms with Crippen LogP contribution in [0.1, 0.15) is 42.7 Å². The molecule has 0 radical (unpaired) electrons. The van der Waals surface area contributed by atoms with Gasteiger partial charge in [-0.3, -0.25) is 4.90 Å². The molecule has 3 N–H and O–H groups in total. The summed E-state index contributed by atoms with van der Waals surface area (Å²) in [5, 5.41) is 23.9. The van der Waals surface area contributed by atoms with Crippen LogP contribution in [0.25, 0.3) is 0 Å². The Labute approximate surface area is 151 Å². The summed E-state index contributed by atoms with van der Waals surface area (Å²) in [5.74, 6) is 0. The number of aliphatic hydroxyl groups is 2. The van der Waals surface area contributed by atoms with Gasteiger partial charge in [-0.1, -0.05) is 54.6 Å². The van der Waals surface area contributed by atoms with Crippen LogP contribution in [0.4, 0.5) is 0 Å². The van der Waals surface area contributed by atoms with E-state index in [2.05, 4.69) is 10.2 Å². The van der Waals surface area contributed by atoms with Gasteiger partial charge in [0.15, 0.2) is 0 Å². The molecule has 4 atom stereocenters. The average Bonchev–Trinajstić information content (AvgIpc) is 2.66. The van der Waals surface area contributed by atoms with Gasteiger partial charge in [0.25, 0.3) is 0 Å². The highest BCUT2D eigenvalue weighted by molar-refractivity contribution is 5.25. The molecule has 2 aromatic rings. The number of rotatable bonds is 8. The molecule has 4 heteroatoms. The third kappa shape index (κ3) is 5.13. The molecule has 2 rings (SSSR count). The minimum absolute atomic E-state index is 0.00280. The van der Waals surface area contributed by atoms with Crippen LogP contribution in [0.3, 0.4) is 0 Å². The summed E-state index contributed by atoms with van der Waals surface area (Å²) in [7, 11) is 3.86. The molecule has 4 nitrogen and oxygen atoms in total. The molecule has 0 heterocycles. The first kappa shape index (κ1) is 19.6. The number of nitrogens with zero attached hydrogens (tertiary/aromatic N) is 1. The zero-order chi connectivity index (χ0) is 18.4. The van der Waals surface area contributed by atoms with Crippen molar-refractivity contribution in [1.82, 2.24) is 10.2 Å². The summed E-state index contributed by atoms with van der Waals surface area (Å²) in [6.45, 7) is 4.73. The van der Waals surface area contributed by atoms with Crippen LogP contribution < -0.4 is 5.32 Å². The van der Waals surface area contributed by atoms with Crippen LogP contribution in [0, 0.1) is 0 Å². The third-order valence-corrected chi connectivity index (χ3v) is 4.98. The number of hydrogen-bond donors (Lipinski definition) is 3. The van der Waals surface area contributed by atoms with E-state index in [0.717, 1.165) is 23.2 Å². The predicted molar refractivity (Wildman–Crippen MR) is 102 cm³/mol. The van der Waals surface area contributed by atoms with Crippen molar-refractivity contribution in [2.24, 2.45) is 0 Å². The predicted octanol–water partition coefficient (Wildman–Crippen LogP) is 2.88. The van der Waals surface area contributed by atoms with Crippen LogP contribution in [-0.2, 0) is 6.54 Å². The van der Waals surface area contributed by atoms with Gasteiger partial charge in [-0.15, -0.1) is 0 Å². The summed E-state index contributed by atoms with van der Waals surface area (Å²) in [4.78, 5) is 2.14. The van der Waals surface area contributed by atoms with Gasteiger partial charge in [0.1, 0.15) is 0 Å². The topological polar surface area (TPSA) is 55.7 Å². The van der Waals surface area contributed by atoms with E-state index in [1.165, 1.54) is 0 Å². The summed E-state index contributed by atoms with van der Waals surface area (Å²) >= 11 is 0. The quantitative estimate of drug-likeness (QED) is 0.690. The molecule has 0 spiro atoms. The summed E-state index contributed by atoms with van der Waals surface area (Å²) in [5.41, 5.74) is 3.00. The Bertz CT molecular complexity index is 630. The SMILES string of the molecule is CNC(C)C(O)c1ccc(CN(C)C(C)C(O)c2ccccc2)cc1. The maximum absolute atomic E-state index is 10.6. The molecule has 0 saturated heterocycles. The van der Waals surface area contributed by atoms with Gasteiger partial charge in [0, 0.05) is 18.6 Å². The van der Waals surface area contributed by atoms with Crippen LogP contribution in [0.5, 0.6) is 0 Å². The lowest BCUT2D eigenvalue weighted by molar-refractivity contribution is 0.0688. The molecule has 136 valence electrons. The molecule has 0 fully saturated rings. The van der Waals surface area contributed by atoms with E-state index in [4.69, 9.17) is 0 Å². The summed E-state index contributed by atoms with van der Waals surface area (Å²) in [6, 6.07) is 17.8. The molecule has 0 amide bonds. The first-order valence-corrected chi connectivity index (χ1v) is 8.81. The van der Waals surface area contributed by atoms with Crippen molar-refractivity contribution < 1.29 is 10.2 Å². The van der Waals surface area contributed by atoms with Gasteiger partial charge in [-0.25, -0.2) is 0 Å². The van der Waals surface area contributed by atoms with Crippen molar-refractivity contribution in [1.29, 1.82) is 0 Å². The Hall–Kier alpha value is -1.72. The van der Waals surface area contributed by atoms with Crippen molar-refractivity contribution in [2.45, 2.75) is 44.7 Å². The van der Waals surface area contributed by atoms with Gasteiger partial charge >= 0.3 is 0 Å². The van der Waals surface area contributed by atoms with Crippen molar-refractivity contribution in [3.05, 3.63) is 71.3 Å². The fraction of sp³-hybridized carbons (Fsp3) is 0.429. The van der Waals surface area contributed by atoms with Crippen LogP contribution in [0.2, 0.25) is 0 Å². The van der Waals surface area contributed by atoms with Crippen molar-refractivity contribution in [3.63, 3.8) is 0 Å². The second kappa shape index (κ2) is 9.11. The van der Waals surface area contributed by atoms with E-state index in [0.29, 0.717) is 0 Å². The fourth-order valence-corrected chi connectivity index (χ4v) is 2.87. The zero-order valence-electron chi connectivity index (χ0n) is 15.6. The zero-order valence-corrected chi connectivity index (χ0v) is 15.6. The van der Waals surface area contributed by atoms with E-state index in [1.54, 1.807) is 0 Å². The summed E-state index contributed by atoms with van der Waals surface area (Å²) < 4.78 is 0. The average molecular weight is 342 g/mol. The standard InChI is InChI=1S/C21H30N2O2/c1-15(22-3)20(24)19-12-10-17(11-13-19)14-23(4)16(2)21(25)18-8-6-5-7-9-18/h5-13,15-16,20-22,24-25H,14H2,1-4H3. The number of aliphatic hydroxyl groups excluding tert-OH is 2. The first-order chi connectivity index (χ1) is 11.9. The lowest BCUT2D eigenvalue weighted by Crippen LogP contribution is -2.34. The second-order valence-electron chi connectivity index (χ2n) is 6.78. The molecular weight excluding hydrogens is 312 g/mol. The van der Waals surface area contributed by atoms with Crippen LogP contribution >= 0.6 is 0 Å². The molecule has 0 saturated carbocycles. The largest absolute Gasteiger partial charge is 0.387 e. The lowest BCUT2D eigenvalue weighted by atomic mass is 10.0. The molecule has 0 aliphatic rings. The number of likely N-dealkylation sites (N-methyl/N-ethyl adjacent to an activating group) is 2. The Morgan fingerprint density at radius 1 is 0.880 bits per heavy atom. The molecule has 0 aliphatic heterocycles. The Morgan fingerprint density at radius 2 is 1.44 bits per heavy atom. The molecule has 4 unspecified atom stereocenters. The molecule has 25 heavy (non-hydrogen) atoms. The van der Waals surface area contributed by atoms with E-state index >= 15 is 0 Å². The fourth-order valence-electron chi connectivity index (χ4n) is 2.87. The maximum atomic E-state index is 10.6. The van der Waals surface area contributed by atoms with E-state index < -0.39 is 12.2 Å². The highest BCUT2D eigenvalue weighted by Crippen LogP contribution is 2.22. The minimum atomic E-state index is -0.524. The number of hydrogen-bond acceptors (Lipinski definition) is 4. The molecular formula is C21H30N2O2. The van der Waals surface area contributed by atoms with Gasteiger partial charge < -0.3 is 15.5 Å².